The van der Waals surface area contributed by atoms with E-state index < -0.39 is 36.5 Å². The fourth-order valence-electron chi connectivity index (χ4n) is 3.29. The largest absolute Gasteiger partial charge is 0.387 e. The summed E-state index contributed by atoms with van der Waals surface area (Å²) in [6, 6.07) is 5.42. The summed E-state index contributed by atoms with van der Waals surface area (Å²) >= 11 is 5.72. The summed E-state index contributed by atoms with van der Waals surface area (Å²) < 4.78 is 21.3. The Kier molecular flexibility index (Phi) is 5.76. The maximum Gasteiger partial charge on any atom is 0.164 e. The van der Waals surface area contributed by atoms with E-state index in [1.165, 1.54) is 23.0 Å². The van der Waals surface area contributed by atoms with Crippen molar-refractivity contribution in [1.29, 1.82) is 0 Å². The van der Waals surface area contributed by atoms with Gasteiger partial charge in [-0.3, -0.25) is 0 Å². The van der Waals surface area contributed by atoms with E-state index in [9.17, 15) is 19.7 Å². The number of nitrogens with two attached hydrogens (primary N) is 1. The lowest BCUT2D eigenvalue weighted by atomic mass is 9.99. The number of fused-ring (bicyclic) bond motifs is 1. The molecule has 1 saturated heterocycles. The number of aromatic nitrogens is 3. The number of nitrogens with zero attached hydrogens (tertiary/aromatic N) is 3. The summed E-state index contributed by atoms with van der Waals surface area (Å²) in [5, 5.41) is 32.1. The van der Waals surface area contributed by atoms with Gasteiger partial charge in [0.2, 0.25) is 0 Å². The van der Waals surface area contributed by atoms with E-state index in [4.69, 9.17) is 22.1 Å². The van der Waals surface area contributed by atoms with Crippen LogP contribution in [0.1, 0.15) is 17.9 Å². The molecule has 1 unspecified atom stereocenters. The standard InChI is InChI=1S/C17H16ClFN4O4.ClH/c18-7-1-2-8(10(19)5-7)11(24)14-12(25)13(26)17(27-14)23-4-3-9-15(20)21-6-22-16(9)23;/h1-6,11-14,17,24-26H,(H2,20,21,22);1H/t11?,12-,13+,14+,17+;/m0./s1. The quantitative estimate of drug-likeness (QED) is 0.496. The molecular formula is C17H17Cl2FN4O4. The Morgan fingerprint density at radius 3 is 2.68 bits per heavy atom. The van der Waals surface area contributed by atoms with Gasteiger partial charge in [-0.1, -0.05) is 17.7 Å². The third kappa shape index (κ3) is 3.30. The Morgan fingerprint density at radius 2 is 1.96 bits per heavy atom. The maximum absolute atomic E-state index is 14.1. The SMILES string of the molecule is Cl.Nc1ncnc2c1ccn2[C@@H]1O[C@H](C(O)c2ccc(Cl)cc2F)[C@@H](O)[C@H]1O. The third-order valence-electron chi connectivity index (χ3n) is 4.68. The van der Waals surface area contributed by atoms with Crippen LogP contribution < -0.4 is 5.73 Å². The second kappa shape index (κ2) is 7.78. The molecule has 0 amide bonds. The molecule has 150 valence electrons. The van der Waals surface area contributed by atoms with Gasteiger partial charge in [0, 0.05) is 16.8 Å². The van der Waals surface area contributed by atoms with Crippen LogP contribution in [0.3, 0.4) is 0 Å². The number of benzene rings is 1. The molecule has 8 nitrogen and oxygen atoms in total. The van der Waals surface area contributed by atoms with Gasteiger partial charge in [0.25, 0.3) is 0 Å². The summed E-state index contributed by atoms with van der Waals surface area (Å²) in [4.78, 5) is 8.01. The highest BCUT2D eigenvalue weighted by molar-refractivity contribution is 6.30. The van der Waals surface area contributed by atoms with Gasteiger partial charge in [-0.25, -0.2) is 14.4 Å². The fraction of sp³-hybridized carbons (Fsp3) is 0.294. The first-order chi connectivity index (χ1) is 12.9. The number of aliphatic hydroxyl groups is 3. The minimum Gasteiger partial charge on any atom is -0.387 e. The van der Waals surface area contributed by atoms with Crippen molar-refractivity contribution < 1.29 is 24.4 Å². The number of hydrogen-bond acceptors (Lipinski definition) is 7. The lowest BCUT2D eigenvalue weighted by Gasteiger charge is -2.22. The van der Waals surface area contributed by atoms with Gasteiger partial charge >= 0.3 is 0 Å². The maximum atomic E-state index is 14.1. The zero-order valence-corrected chi connectivity index (χ0v) is 15.8. The highest BCUT2D eigenvalue weighted by Gasteiger charge is 2.48. The topological polar surface area (TPSA) is 127 Å². The Bertz CT molecular complexity index is 1000. The van der Waals surface area contributed by atoms with Crippen LogP contribution in [0.5, 0.6) is 0 Å². The molecule has 4 rings (SSSR count). The van der Waals surface area contributed by atoms with Crippen molar-refractivity contribution >= 4 is 40.9 Å². The molecule has 5 N–H and O–H groups in total. The van der Waals surface area contributed by atoms with Gasteiger partial charge in [-0.2, -0.15) is 0 Å². The molecule has 0 spiro atoms. The van der Waals surface area contributed by atoms with Crippen molar-refractivity contribution in [2.75, 3.05) is 5.73 Å². The summed E-state index contributed by atoms with van der Waals surface area (Å²) in [5.74, 6) is -0.484. The number of hydrogen-bond donors (Lipinski definition) is 4. The van der Waals surface area contributed by atoms with E-state index >= 15 is 0 Å². The summed E-state index contributed by atoms with van der Waals surface area (Å²) in [6.07, 6.45) is -3.84. The zero-order chi connectivity index (χ0) is 19.3. The minimum atomic E-state index is -1.52. The Morgan fingerprint density at radius 1 is 1.21 bits per heavy atom. The van der Waals surface area contributed by atoms with Crippen molar-refractivity contribution in [3.8, 4) is 0 Å². The van der Waals surface area contributed by atoms with E-state index in [-0.39, 0.29) is 28.8 Å². The number of halogens is 3. The molecule has 0 radical (unpaired) electrons. The van der Waals surface area contributed by atoms with Crippen LogP contribution in [0.4, 0.5) is 10.2 Å². The molecule has 11 heteroatoms. The molecule has 0 saturated carbocycles. The summed E-state index contributed by atoms with van der Waals surface area (Å²) in [7, 11) is 0. The second-order valence-corrected chi connectivity index (χ2v) is 6.74. The van der Waals surface area contributed by atoms with Crippen LogP contribution in [0, 0.1) is 5.82 Å². The Labute approximate surface area is 169 Å². The molecule has 1 aliphatic rings. The minimum absolute atomic E-state index is 0. The Hall–Kier alpha value is -2.01. The number of ether oxygens (including phenoxy) is 1. The van der Waals surface area contributed by atoms with Gasteiger partial charge in [0.15, 0.2) is 6.23 Å². The molecule has 0 bridgehead atoms. The lowest BCUT2D eigenvalue weighted by Crippen LogP contribution is -2.35. The lowest BCUT2D eigenvalue weighted by molar-refractivity contribution is -0.0856. The second-order valence-electron chi connectivity index (χ2n) is 6.30. The zero-order valence-electron chi connectivity index (χ0n) is 14.2. The van der Waals surface area contributed by atoms with E-state index in [2.05, 4.69) is 9.97 Å². The van der Waals surface area contributed by atoms with E-state index in [0.717, 1.165) is 6.07 Å². The van der Waals surface area contributed by atoms with Gasteiger partial charge in [-0.15, -0.1) is 12.4 Å². The predicted molar refractivity (Wildman–Crippen MR) is 101 cm³/mol. The third-order valence-corrected chi connectivity index (χ3v) is 4.92. The average molecular weight is 431 g/mol. The molecule has 1 aliphatic heterocycles. The molecule has 1 fully saturated rings. The van der Waals surface area contributed by atoms with Crippen molar-refractivity contribution in [1.82, 2.24) is 14.5 Å². The molecule has 2 aromatic heterocycles. The van der Waals surface area contributed by atoms with Crippen LogP contribution in [-0.4, -0.2) is 48.2 Å². The first-order valence-electron chi connectivity index (χ1n) is 8.10. The van der Waals surface area contributed by atoms with E-state index in [0.29, 0.717) is 11.0 Å². The molecule has 0 aliphatic carbocycles. The molecular weight excluding hydrogens is 414 g/mol. The van der Waals surface area contributed by atoms with E-state index in [1.807, 2.05) is 0 Å². The smallest absolute Gasteiger partial charge is 0.164 e. The van der Waals surface area contributed by atoms with Crippen molar-refractivity contribution in [2.24, 2.45) is 0 Å². The van der Waals surface area contributed by atoms with Crippen molar-refractivity contribution in [2.45, 2.75) is 30.6 Å². The van der Waals surface area contributed by atoms with Crippen LogP contribution in [0.25, 0.3) is 11.0 Å². The molecule has 1 aromatic carbocycles. The monoisotopic (exact) mass is 430 g/mol. The van der Waals surface area contributed by atoms with Crippen LogP contribution in [0.2, 0.25) is 5.02 Å². The summed E-state index contributed by atoms with van der Waals surface area (Å²) in [5.41, 5.74) is 6.10. The van der Waals surface area contributed by atoms with Crippen LogP contribution in [-0.2, 0) is 4.74 Å². The first-order valence-corrected chi connectivity index (χ1v) is 8.48. The number of nitrogen functional groups attached to an aromatic ring is 1. The van der Waals surface area contributed by atoms with Crippen molar-refractivity contribution in [3.63, 3.8) is 0 Å². The predicted octanol–water partition coefficient (Wildman–Crippen LogP) is 1.58. The van der Waals surface area contributed by atoms with Gasteiger partial charge < -0.3 is 30.4 Å². The average Bonchev–Trinajstić information content (AvgIpc) is 3.18. The van der Waals surface area contributed by atoms with Gasteiger partial charge in [-0.05, 0) is 18.2 Å². The highest BCUT2D eigenvalue weighted by atomic mass is 35.5. The first kappa shape index (κ1) is 20.7. The van der Waals surface area contributed by atoms with Crippen molar-refractivity contribution in [3.05, 3.63) is 53.2 Å². The summed E-state index contributed by atoms with van der Waals surface area (Å²) in [6.45, 7) is 0. The normalized spacial score (nSPS) is 25.6. The number of anilines is 1. The highest BCUT2D eigenvalue weighted by Crippen LogP contribution is 2.38. The molecule has 28 heavy (non-hydrogen) atoms. The number of aliphatic hydroxyl groups excluding tert-OH is 3. The van der Waals surface area contributed by atoms with Gasteiger partial charge in [0.05, 0.1) is 5.39 Å². The fourth-order valence-corrected chi connectivity index (χ4v) is 3.45. The number of rotatable bonds is 3. The molecule has 3 aromatic rings. The van der Waals surface area contributed by atoms with Crippen LogP contribution in [0.15, 0.2) is 36.8 Å². The molecule has 3 heterocycles. The van der Waals surface area contributed by atoms with E-state index in [1.54, 1.807) is 12.3 Å². The van der Waals surface area contributed by atoms with Gasteiger partial charge in [0.1, 0.15) is 48.0 Å². The Balaban J connectivity index is 0.00000225. The van der Waals surface area contributed by atoms with Crippen LogP contribution >= 0.6 is 24.0 Å². The molecule has 5 atom stereocenters.